The molecule has 2 heterocycles. The number of aromatic nitrogens is 3. The number of allylic oxidation sites excluding steroid dienone is 1. The minimum atomic E-state index is -0.216. The van der Waals surface area contributed by atoms with E-state index in [0.717, 1.165) is 39.1 Å². The fourth-order valence-electron chi connectivity index (χ4n) is 6.14. The summed E-state index contributed by atoms with van der Waals surface area (Å²) in [6, 6.07) is 23.6. The Kier molecular flexibility index (Phi) is 5.00. The van der Waals surface area contributed by atoms with Gasteiger partial charge in [0.15, 0.2) is 17.2 Å². The van der Waals surface area contributed by atoms with Crippen LogP contribution < -0.4 is 0 Å². The quantitative estimate of drug-likeness (QED) is 0.204. The molecule has 1 fully saturated rings. The lowest BCUT2D eigenvalue weighted by atomic mass is 9.89. The molecule has 0 aliphatic heterocycles. The van der Waals surface area contributed by atoms with Crippen molar-refractivity contribution in [3.8, 4) is 5.69 Å². The first-order valence-electron chi connectivity index (χ1n) is 13.1. The molecule has 0 unspecified atom stereocenters. The van der Waals surface area contributed by atoms with Gasteiger partial charge >= 0.3 is 0 Å². The van der Waals surface area contributed by atoms with E-state index in [4.69, 9.17) is 4.98 Å². The van der Waals surface area contributed by atoms with Crippen molar-refractivity contribution < 1.29 is 9.59 Å². The molecule has 5 heteroatoms. The van der Waals surface area contributed by atoms with Gasteiger partial charge in [0, 0.05) is 29.8 Å². The molecule has 3 aromatic carbocycles. The van der Waals surface area contributed by atoms with Gasteiger partial charge in [0.05, 0.1) is 16.8 Å². The number of hydrogen-bond acceptors (Lipinski definition) is 3. The van der Waals surface area contributed by atoms with Crippen LogP contribution in [0.2, 0.25) is 0 Å². The van der Waals surface area contributed by atoms with Gasteiger partial charge < -0.3 is 4.57 Å². The van der Waals surface area contributed by atoms with E-state index in [1.165, 1.54) is 32.1 Å². The summed E-state index contributed by atoms with van der Waals surface area (Å²) in [5.41, 5.74) is 4.78. The first-order chi connectivity index (χ1) is 18.1. The molecule has 0 bridgehead atoms. The fraction of sp³-hybridized carbons (Fsp3) is 0.219. The number of carbonyl (C=O) groups excluding carboxylic acids is 2. The topological polar surface area (TPSA) is 56.9 Å². The first-order valence-corrected chi connectivity index (χ1v) is 13.1. The van der Waals surface area contributed by atoms with Crippen molar-refractivity contribution in [2.75, 3.05) is 0 Å². The van der Waals surface area contributed by atoms with Gasteiger partial charge in [-0.2, -0.15) is 0 Å². The lowest BCUT2D eigenvalue weighted by Gasteiger charge is -2.21. The highest BCUT2D eigenvalue weighted by molar-refractivity contribution is 6.42. The second kappa shape index (κ2) is 8.41. The average molecular weight is 486 g/mol. The Morgan fingerprint density at radius 1 is 0.811 bits per heavy atom. The number of hydrogen-bond donors (Lipinski definition) is 0. The van der Waals surface area contributed by atoms with Gasteiger partial charge in [-0.05, 0) is 60.0 Å². The lowest BCUT2D eigenvalue weighted by molar-refractivity contribution is 0.0990. The molecule has 2 aliphatic carbocycles. The van der Waals surface area contributed by atoms with Gasteiger partial charge in [0.25, 0.3) is 0 Å². The highest BCUT2D eigenvalue weighted by Crippen LogP contribution is 2.36. The number of benzene rings is 3. The minimum absolute atomic E-state index is 0.206. The van der Waals surface area contributed by atoms with Crippen LogP contribution in [0.25, 0.3) is 33.7 Å². The van der Waals surface area contributed by atoms with E-state index in [2.05, 4.69) is 22.2 Å². The van der Waals surface area contributed by atoms with E-state index in [9.17, 15) is 9.59 Å². The molecule has 5 aromatic rings. The monoisotopic (exact) mass is 485 g/mol. The van der Waals surface area contributed by atoms with Gasteiger partial charge in [-0.3, -0.25) is 14.2 Å². The molecular formula is C32H27N3O2. The zero-order valence-corrected chi connectivity index (χ0v) is 20.8. The Labute approximate surface area is 215 Å². The summed E-state index contributed by atoms with van der Waals surface area (Å²) in [7, 11) is 2.08. The summed E-state index contributed by atoms with van der Waals surface area (Å²) < 4.78 is 4.28. The second-order valence-electron chi connectivity index (χ2n) is 10.3. The van der Waals surface area contributed by atoms with Crippen LogP contribution >= 0.6 is 0 Å². The van der Waals surface area contributed by atoms with Crippen molar-refractivity contribution in [1.29, 1.82) is 0 Å². The molecule has 0 saturated heterocycles. The Morgan fingerprint density at radius 3 is 2.08 bits per heavy atom. The number of Topliss-reactive ketones (excluding diaryl/α,β-unsaturated/α-hetero) is 2. The maximum atomic E-state index is 13.5. The molecule has 2 aliphatic rings. The molecule has 182 valence electrons. The Hall–Kier alpha value is -4.25. The normalized spacial score (nSPS) is 16.2. The number of aryl methyl sites for hydroxylation is 1. The molecule has 0 amide bonds. The van der Waals surface area contributed by atoms with Gasteiger partial charge in [0.2, 0.25) is 0 Å². The summed E-state index contributed by atoms with van der Waals surface area (Å²) in [4.78, 5) is 32.1. The van der Waals surface area contributed by atoms with E-state index < -0.39 is 0 Å². The van der Waals surface area contributed by atoms with E-state index in [1.807, 2.05) is 66.7 Å². The highest BCUT2D eigenvalue weighted by atomic mass is 16.2. The van der Waals surface area contributed by atoms with Crippen LogP contribution in [-0.2, 0) is 7.05 Å². The third-order valence-corrected chi connectivity index (χ3v) is 8.05. The summed E-state index contributed by atoms with van der Waals surface area (Å²) in [6.07, 6.45) is 7.89. The number of carbonyl (C=O) groups is 2. The molecular weight excluding hydrogens is 458 g/mol. The van der Waals surface area contributed by atoms with Gasteiger partial charge in [-0.1, -0.05) is 61.7 Å². The van der Waals surface area contributed by atoms with E-state index in [-0.39, 0.29) is 17.1 Å². The SMILES string of the molecule is Cn1c(C2CCCCC2)nc2c1cc(C=C1C(=O)c3cc4ccccc4cc3C1=O)n2-c1ccccc1. The second-order valence-corrected chi connectivity index (χ2v) is 10.3. The summed E-state index contributed by atoms with van der Waals surface area (Å²) in [6.45, 7) is 0. The average Bonchev–Trinajstić information content (AvgIpc) is 3.53. The summed E-state index contributed by atoms with van der Waals surface area (Å²) in [5.74, 6) is 1.16. The lowest BCUT2D eigenvalue weighted by Crippen LogP contribution is -2.10. The van der Waals surface area contributed by atoms with Crippen molar-refractivity contribution in [2.24, 2.45) is 7.05 Å². The molecule has 1 saturated carbocycles. The summed E-state index contributed by atoms with van der Waals surface area (Å²) >= 11 is 0. The largest absolute Gasteiger partial charge is 0.329 e. The zero-order chi connectivity index (χ0) is 25.1. The number of nitrogens with zero attached hydrogens (tertiary/aromatic N) is 3. The third-order valence-electron chi connectivity index (χ3n) is 8.05. The molecule has 7 rings (SSSR count). The predicted octanol–water partition coefficient (Wildman–Crippen LogP) is 7.03. The van der Waals surface area contributed by atoms with E-state index in [0.29, 0.717) is 17.0 Å². The van der Waals surface area contributed by atoms with Crippen LogP contribution in [0.3, 0.4) is 0 Å². The maximum Gasteiger partial charge on any atom is 0.197 e. The Morgan fingerprint density at radius 2 is 1.43 bits per heavy atom. The molecule has 2 aromatic heterocycles. The number of ketones is 2. The van der Waals surface area contributed by atoms with Crippen LogP contribution in [0.1, 0.15) is 70.3 Å². The number of imidazole rings is 1. The molecule has 0 spiro atoms. The highest BCUT2D eigenvalue weighted by Gasteiger charge is 2.34. The standard InChI is InChI=1S/C32H27N3O2/c1-34-28-19-24(18-27-29(36)25-16-21-12-8-9-13-22(21)17-26(25)30(27)37)35(23-14-6-3-7-15-23)32(28)33-31(34)20-10-4-2-5-11-20/h3,6-9,12-20H,2,4-5,10-11H2,1H3. The Balaban J connectivity index is 1.39. The van der Waals surface area contributed by atoms with Crippen LogP contribution in [-0.4, -0.2) is 25.7 Å². The van der Waals surface area contributed by atoms with Crippen molar-refractivity contribution in [2.45, 2.75) is 38.0 Å². The number of fused-ring (bicyclic) bond motifs is 3. The van der Waals surface area contributed by atoms with Crippen LogP contribution in [0, 0.1) is 0 Å². The first kappa shape index (κ1) is 22.0. The minimum Gasteiger partial charge on any atom is -0.329 e. The molecule has 5 nitrogen and oxygen atoms in total. The van der Waals surface area contributed by atoms with Gasteiger partial charge in [0.1, 0.15) is 5.82 Å². The van der Waals surface area contributed by atoms with E-state index >= 15 is 0 Å². The number of rotatable bonds is 3. The van der Waals surface area contributed by atoms with E-state index in [1.54, 1.807) is 6.08 Å². The predicted molar refractivity (Wildman–Crippen MR) is 146 cm³/mol. The van der Waals surface area contributed by atoms with Crippen molar-refractivity contribution in [3.63, 3.8) is 0 Å². The van der Waals surface area contributed by atoms with Gasteiger partial charge in [-0.15, -0.1) is 0 Å². The molecule has 37 heavy (non-hydrogen) atoms. The molecule has 0 radical (unpaired) electrons. The van der Waals surface area contributed by atoms with Crippen LogP contribution in [0.5, 0.6) is 0 Å². The van der Waals surface area contributed by atoms with Crippen LogP contribution in [0.15, 0.2) is 78.4 Å². The van der Waals surface area contributed by atoms with Crippen molar-refractivity contribution >= 4 is 39.6 Å². The van der Waals surface area contributed by atoms with Crippen LogP contribution in [0.4, 0.5) is 0 Å². The number of para-hydroxylation sites is 1. The fourth-order valence-corrected chi connectivity index (χ4v) is 6.14. The Bertz CT molecular complexity index is 1690. The third kappa shape index (κ3) is 3.41. The maximum absolute atomic E-state index is 13.5. The molecule has 0 N–H and O–H groups in total. The van der Waals surface area contributed by atoms with Crippen molar-refractivity contribution in [1.82, 2.24) is 14.1 Å². The summed E-state index contributed by atoms with van der Waals surface area (Å²) in [5, 5.41) is 1.92. The zero-order valence-electron chi connectivity index (χ0n) is 20.8. The van der Waals surface area contributed by atoms with Crippen molar-refractivity contribution in [3.05, 3.63) is 101 Å². The smallest absolute Gasteiger partial charge is 0.197 e. The van der Waals surface area contributed by atoms with Gasteiger partial charge in [-0.25, -0.2) is 4.98 Å². The molecule has 0 atom stereocenters.